The van der Waals surface area contributed by atoms with Crippen molar-refractivity contribution in [1.82, 2.24) is 0 Å². The van der Waals surface area contributed by atoms with E-state index in [1.165, 1.54) is 12.1 Å². The molecule has 2 aromatic rings. The van der Waals surface area contributed by atoms with Crippen LogP contribution in [0.2, 0.25) is 0 Å². The largest absolute Gasteiger partial charge is 0.480 e. The molecule has 1 atom stereocenters. The average Bonchev–Trinajstić information content (AvgIpc) is 2.49. The van der Waals surface area contributed by atoms with Crippen LogP contribution in [0, 0.1) is 19.7 Å². The maximum Gasteiger partial charge on any atom is 0.265 e. The van der Waals surface area contributed by atoms with Gasteiger partial charge < -0.3 is 10.1 Å². The zero-order chi connectivity index (χ0) is 17.0. The minimum atomic E-state index is -0.681. The summed E-state index contributed by atoms with van der Waals surface area (Å²) in [5, 5.41) is 2.58. The van der Waals surface area contributed by atoms with Crippen molar-refractivity contribution < 1.29 is 13.9 Å². The van der Waals surface area contributed by atoms with Gasteiger partial charge in [-0.3, -0.25) is 4.79 Å². The van der Waals surface area contributed by atoms with Crippen molar-refractivity contribution in [3.05, 3.63) is 57.8 Å². The van der Waals surface area contributed by atoms with Crippen molar-refractivity contribution in [2.24, 2.45) is 0 Å². The van der Waals surface area contributed by atoms with Gasteiger partial charge in [0, 0.05) is 4.47 Å². The third-order valence-electron chi connectivity index (χ3n) is 3.45. The molecule has 1 unspecified atom stereocenters. The summed E-state index contributed by atoms with van der Waals surface area (Å²) < 4.78 is 20.2. The van der Waals surface area contributed by atoms with Crippen LogP contribution in [0.1, 0.15) is 24.5 Å². The lowest BCUT2D eigenvalue weighted by Gasteiger charge is -2.19. The van der Waals surface area contributed by atoms with E-state index in [9.17, 15) is 9.18 Å². The summed E-state index contributed by atoms with van der Waals surface area (Å²) in [6.45, 7) is 5.78. The van der Waals surface area contributed by atoms with Crippen LogP contribution >= 0.6 is 15.9 Å². The zero-order valence-electron chi connectivity index (χ0n) is 13.3. The number of nitrogens with one attached hydrogen (secondary N) is 1. The first-order chi connectivity index (χ1) is 10.9. The van der Waals surface area contributed by atoms with Gasteiger partial charge >= 0.3 is 0 Å². The van der Waals surface area contributed by atoms with Gasteiger partial charge in [-0.05, 0) is 50.1 Å². The third-order valence-corrected chi connectivity index (χ3v) is 3.95. The van der Waals surface area contributed by atoms with Crippen LogP contribution in [0.5, 0.6) is 5.75 Å². The van der Waals surface area contributed by atoms with Crippen LogP contribution in [-0.4, -0.2) is 12.0 Å². The van der Waals surface area contributed by atoms with E-state index < -0.39 is 11.9 Å². The molecular weight excluding hydrogens is 361 g/mol. The van der Waals surface area contributed by atoms with E-state index in [1.54, 1.807) is 6.07 Å². The van der Waals surface area contributed by atoms with Crippen LogP contribution in [0.4, 0.5) is 10.1 Å². The summed E-state index contributed by atoms with van der Waals surface area (Å²) >= 11 is 3.19. The Bertz CT molecular complexity index is 718. The molecule has 0 radical (unpaired) electrons. The molecule has 0 spiro atoms. The molecule has 23 heavy (non-hydrogen) atoms. The van der Waals surface area contributed by atoms with E-state index in [4.69, 9.17) is 4.74 Å². The Hall–Kier alpha value is -1.88. The van der Waals surface area contributed by atoms with E-state index >= 15 is 0 Å². The Morgan fingerprint density at radius 1 is 1.26 bits per heavy atom. The first kappa shape index (κ1) is 17.5. The van der Waals surface area contributed by atoms with Crippen molar-refractivity contribution >= 4 is 27.5 Å². The Labute approximate surface area is 144 Å². The van der Waals surface area contributed by atoms with Gasteiger partial charge in [-0.25, -0.2) is 4.39 Å². The van der Waals surface area contributed by atoms with Gasteiger partial charge in [-0.1, -0.05) is 40.5 Å². The molecular formula is C18H19BrFNO2. The summed E-state index contributed by atoms with van der Waals surface area (Å²) in [7, 11) is 0. The van der Waals surface area contributed by atoms with Gasteiger partial charge in [0.05, 0.1) is 5.69 Å². The fraction of sp³-hybridized carbons (Fsp3) is 0.278. The number of rotatable bonds is 5. The second-order valence-electron chi connectivity index (χ2n) is 5.40. The maximum atomic E-state index is 13.8. The number of carbonyl (C=O) groups excluding carboxylic acids is 1. The highest BCUT2D eigenvalue weighted by Gasteiger charge is 2.20. The van der Waals surface area contributed by atoms with Gasteiger partial charge in [-0.2, -0.15) is 0 Å². The summed E-state index contributed by atoms with van der Waals surface area (Å²) in [5.41, 5.74) is 2.23. The van der Waals surface area contributed by atoms with Gasteiger partial charge in [0.15, 0.2) is 6.10 Å². The molecule has 0 saturated carbocycles. The number of ether oxygens (including phenoxy) is 1. The fourth-order valence-corrected chi connectivity index (χ4v) is 2.54. The molecule has 3 nitrogen and oxygen atoms in total. The van der Waals surface area contributed by atoms with E-state index in [0.717, 1.165) is 11.1 Å². The van der Waals surface area contributed by atoms with Crippen LogP contribution in [0.3, 0.4) is 0 Å². The highest BCUT2D eigenvalue weighted by atomic mass is 79.9. The second kappa shape index (κ2) is 7.59. The van der Waals surface area contributed by atoms with Crippen LogP contribution in [-0.2, 0) is 4.79 Å². The molecule has 0 aliphatic rings. The molecule has 1 amide bonds. The number of halogens is 2. The Balaban J connectivity index is 2.12. The molecule has 5 heteroatoms. The predicted octanol–water partition coefficient (Wildman–Crippen LogP) is 5.00. The van der Waals surface area contributed by atoms with E-state index in [-0.39, 0.29) is 11.6 Å². The van der Waals surface area contributed by atoms with Crippen molar-refractivity contribution in [3.8, 4) is 5.75 Å². The van der Waals surface area contributed by atoms with E-state index in [1.807, 2.05) is 39.0 Å². The standard InChI is InChI=1S/C18H19BrFNO2/c1-4-16(23-17-8-5-11(2)9-12(17)3)18(22)21-15-7-6-13(19)10-14(15)20/h5-10,16H,4H2,1-3H3,(H,21,22). The molecule has 0 fully saturated rings. The minimum Gasteiger partial charge on any atom is -0.480 e. The Kier molecular flexibility index (Phi) is 5.77. The van der Waals surface area contributed by atoms with Gasteiger partial charge in [0.2, 0.25) is 0 Å². The van der Waals surface area contributed by atoms with Gasteiger partial charge in [-0.15, -0.1) is 0 Å². The second-order valence-corrected chi connectivity index (χ2v) is 6.31. The first-order valence-corrected chi connectivity index (χ1v) is 8.20. The highest BCUT2D eigenvalue weighted by molar-refractivity contribution is 9.10. The summed E-state index contributed by atoms with van der Waals surface area (Å²) in [6.07, 6.45) is -0.198. The Morgan fingerprint density at radius 3 is 2.61 bits per heavy atom. The van der Waals surface area contributed by atoms with Gasteiger partial charge in [0.1, 0.15) is 11.6 Å². The van der Waals surface area contributed by atoms with Crippen LogP contribution in [0.15, 0.2) is 40.9 Å². The number of anilines is 1. The average molecular weight is 380 g/mol. The lowest BCUT2D eigenvalue weighted by Crippen LogP contribution is -2.32. The Morgan fingerprint density at radius 2 is 2.00 bits per heavy atom. The molecule has 0 aromatic heterocycles. The summed E-state index contributed by atoms with van der Waals surface area (Å²) in [6, 6.07) is 10.3. The SMILES string of the molecule is CCC(Oc1ccc(C)cc1C)C(=O)Nc1ccc(Br)cc1F. The van der Waals surface area contributed by atoms with Crippen LogP contribution in [0.25, 0.3) is 0 Å². The quantitative estimate of drug-likeness (QED) is 0.793. The number of hydrogen-bond acceptors (Lipinski definition) is 2. The lowest BCUT2D eigenvalue weighted by molar-refractivity contribution is -0.122. The topological polar surface area (TPSA) is 38.3 Å². The summed E-state index contributed by atoms with van der Waals surface area (Å²) in [5.74, 6) is -0.198. The number of hydrogen-bond donors (Lipinski definition) is 1. The van der Waals surface area contributed by atoms with Crippen molar-refractivity contribution in [2.75, 3.05) is 5.32 Å². The van der Waals surface area contributed by atoms with E-state index in [0.29, 0.717) is 16.6 Å². The minimum absolute atomic E-state index is 0.140. The molecule has 1 N–H and O–H groups in total. The molecule has 0 aliphatic carbocycles. The summed E-state index contributed by atoms with van der Waals surface area (Å²) in [4.78, 5) is 12.3. The van der Waals surface area contributed by atoms with Crippen molar-refractivity contribution in [2.45, 2.75) is 33.3 Å². The lowest BCUT2D eigenvalue weighted by atomic mass is 10.1. The number of aryl methyl sites for hydroxylation is 2. The zero-order valence-corrected chi connectivity index (χ0v) is 14.9. The molecule has 122 valence electrons. The number of benzene rings is 2. The number of amides is 1. The maximum absolute atomic E-state index is 13.8. The molecule has 2 rings (SSSR count). The fourth-order valence-electron chi connectivity index (χ4n) is 2.21. The monoisotopic (exact) mass is 379 g/mol. The highest BCUT2D eigenvalue weighted by Crippen LogP contribution is 2.23. The van der Waals surface area contributed by atoms with Crippen molar-refractivity contribution in [1.29, 1.82) is 0 Å². The normalized spacial score (nSPS) is 11.9. The molecule has 0 saturated heterocycles. The van der Waals surface area contributed by atoms with Crippen LogP contribution < -0.4 is 10.1 Å². The van der Waals surface area contributed by atoms with Gasteiger partial charge in [0.25, 0.3) is 5.91 Å². The van der Waals surface area contributed by atoms with E-state index in [2.05, 4.69) is 21.2 Å². The number of carbonyl (C=O) groups is 1. The smallest absolute Gasteiger partial charge is 0.265 e. The predicted molar refractivity (Wildman–Crippen MR) is 93.4 cm³/mol. The molecule has 0 heterocycles. The molecule has 0 bridgehead atoms. The third kappa shape index (κ3) is 4.55. The van der Waals surface area contributed by atoms with Crippen molar-refractivity contribution in [3.63, 3.8) is 0 Å². The molecule has 2 aromatic carbocycles. The first-order valence-electron chi connectivity index (χ1n) is 7.40. The molecule has 0 aliphatic heterocycles.